The lowest BCUT2D eigenvalue weighted by Gasteiger charge is -2.16. The van der Waals surface area contributed by atoms with Gasteiger partial charge in [0.15, 0.2) is 5.78 Å². The van der Waals surface area contributed by atoms with Crippen molar-refractivity contribution in [2.75, 3.05) is 6.61 Å². The molecule has 2 aromatic rings. The largest absolute Gasteiger partial charge is 0.488 e. The molecule has 110 valence electrons. The van der Waals surface area contributed by atoms with Crippen LogP contribution in [0.2, 0.25) is 5.02 Å². The molecule has 0 saturated carbocycles. The third-order valence-corrected chi connectivity index (χ3v) is 3.74. The molecule has 0 radical (unpaired) electrons. The minimum absolute atomic E-state index is 0.0498. The second-order valence-corrected chi connectivity index (χ2v) is 5.69. The number of rotatable bonds is 3. The summed E-state index contributed by atoms with van der Waals surface area (Å²) in [5.74, 6) is 0.703. The number of fused-ring (bicyclic) bond motifs is 1. The van der Waals surface area contributed by atoms with Gasteiger partial charge in [-0.1, -0.05) is 47.5 Å². The Labute approximate surface area is 134 Å². The fourth-order valence-corrected chi connectivity index (χ4v) is 2.43. The molecule has 0 spiro atoms. The van der Waals surface area contributed by atoms with Gasteiger partial charge in [-0.2, -0.15) is 0 Å². The molecule has 0 bridgehead atoms. The van der Waals surface area contributed by atoms with Gasteiger partial charge in [0.2, 0.25) is 0 Å². The summed E-state index contributed by atoms with van der Waals surface area (Å²) in [6, 6.07) is 13.4. The van der Waals surface area contributed by atoms with Gasteiger partial charge in [-0.3, -0.25) is 4.79 Å². The highest BCUT2D eigenvalue weighted by atomic mass is 35.5. The second-order valence-electron chi connectivity index (χ2n) is 5.25. The molecule has 2 nitrogen and oxygen atoms in total. The molecule has 0 atom stereocenters. The van der Waals surface area contributed by atoms with Gasteiger partial charge in [-0.15, -0.1) is 0 Å². The number of allylic oxidation sites excluding steroid dienone is 1. The number of hydrogen-bond donors (Lipinski definition) is 0. The van der Waals surface area contributed by atoms with Crippen molar-refractivity contribution in [3.63, 3.8) is 0 Å². The third kappa shape index (κ3) is 3.29. The van der Waals surface area contributed by atoms with Crippen LogP contribution in [-0.4, -0.2) is 12.4 Å². The lowest BCUT2D eigenvalue weighted by atomic mass is 10.0. The van der Waals surface area contributed by atoms with Gasteiger partial charge in [0.25, 0.3) is 0 Å². The molecule has 0 N–H and O–H groups in total. The van der Waals surface area contributed by atoms with Gasteiger partial charge in [0.05, 0.1) is 0 Å². The minimum atomic E-state index is -0.0498. The number of hydrogen-bond acceptors (Lipinski definition) is 2. The van der Waals surface area contributed by atoms with Gasteiger partial charge < -0.3 is 4.74 Å². The topological polar surface area (TPSA) is 26.3 Å². The van der Waals surface area contributed by atoms with E-state index in [0.717, 1.165) is 16.9 Å². The summed E-state index contributed by atoms with van der Waals surface area (Å²) in [4.78, 5) is 12.3. The highest BCUT2D eigenvalue weighted by molar-refractivity contribution is 6.30. The van der Waals surface area contributed by atoms with E-state index in [1.165, 1.54) is 5.56 Å². The van der Waals surface area contributed by atoms with Crippen molar-refractivity contribution in [3.05, 3.63) is 75.8 Å². The zero-order valence-corrected chi connectivity index (χ0v) is 12.9. The van der Waals surface area contributed by atoms with Crippen molar-refractivity contribution < 1.29 is 9.53 Å². The SMILES string of the molecule is Cc1ccc(/C=C/C(=O)C2=Cc3cc(Cl)ccc3OC2)cc1. The Bertz CT molecular complexity index is 771. The van der Waals surface area contributed by atoms with Gasteiger partial charge in [-0.05, 0) is 42.8 Å². The number of halogens is 1. The van der Waals surface area contributed by atoms with Gasteiger partial charge >= 0.3 is 0 Å². The van der Waals surface area contributed by atoms with Crippen LogP contribution >= 0.6 is 11.6 Å². The Morgan fingerprint density at radius 3 is 2.73 bits per heavy atom. The van der Waals surface area contributed by atoms with E-state index < -0.39 is 0 Å². The quantitative estimate of drug-likeness (QED) is 0.768. The van der Waals surface area contributed by atoms with E-state index in [4.69, 9.17) is 16.3 Å². The molecule has 3 rings (SSSR count). The average molecular weight is 311 g/mol. The number of carbonyl (C=O) groups is 1. The summed E-state index contributed by atoms with van der Waals surface area (Å²) < 4.78 is 5.60. The molecule has 3 heteroatoms. The average Bonchev–Trinajstić information content (AvgIpc) is 2.53. The van der Waals surface area contributed by atoms with Crippen molar-refractivity contribution in [1.82, 2.24) is 0 Å². The highest BCUT2D eigenvalue weighted by Crippen LogP contribution is 2.29. The summed E-state index contributed by atoms with van der Waals surface area (Å²) in [5.41, 5.74) is 3.66. The molecule has 0 aromatic heterocycles. The Morgan fingerprint density at radius 1 is 1.18 bits per heavy atom. The van der Waals surface area contributed by atoms with E-state index in [2.05, 4.69) is 0 Å². The van der Waals surface area contributed by atoms with Crippen LogP contribution in [0.3, 0.4) is 0 Å². The van der Waals surface area contributed by atoms with Gasteiger partial charge in [0, 0.05) is 16.2 Å². The van der Waals surface area contributed by atoms with Crippen LogP contribution in [0.5, 0.6) is 5.75 Å². The van der Waals surface area contributed by atoms with Crippen molar-refractivity contribution in [1.29, 1.82) is 0 Å². The summed E-state index contributed by atoms with van der Waals surface area (Å²) in [5, 5.41) is 0.627. The first-order chi connectivity index (χ1) is 10.6. The number of benzene rings is 2. The van der Waals surface area contributed by atoms with Crippen LogP contribution < -0.4 is 4.74 Å². The summed E-state index contributed by atoms with van der Waals surface area (Å²) >= 11 is 5.97. The Hall–Kier alpha value is -2.32. The molecule has 1 aliphatic rings. The lowest BCUT2D eigenvalue weighted by Crippen LogP contribution is -2.13. The zero-order chi connectivity index (χ0) is 15.5. The fraction of sp³-hybridized carbons (Fsp3) is 0.105. The standard InChI is InChI=1S/C19H15ClO2/c1-13-2-4-14(5-3-13)6-8-18(21)16-10-15-11-17(20)7-9-19(15)22-12-16/h2-11H,12H2,1H3/b8-6+. The maximum atomic E-state index is 12.3. The molecular formula is C19H15ClO2. The molecule has 0 aliphatic carbocycles. The molecule has 0 amide bonds. The Kier molecular flexibility index (Phi) is 4.12. The maximum Gasteiger partial charge on any atom is 0.185 e. The van der Waals surface area contributed by atoms with Gasteiger partial charge in [-0.25, -0.2) is 0 Å². The van der Waals surface area contributed by atoms with E-state index in [1.807, 2.05) is 49.4 Å². The zero-order valence-electron chi connectivity index (χ0n) is 12.2. The van der Waals surface area contributed by atoms with Crippen molar-refractivity contribution in [2.24, 2.45) is 0 Å². The molecule has 22 heavy (non-hydrogen) atoms. The molecule has 0 fully saturated rings. The predicted molar refractivity (Wildman–Crippen MR) is 90.1 cm³/mol. The number of ether oxygens (including phenoxy) is 1. The predicted octanol–water partition coefficient (Wildman–Crippen LogP) is 4.71. The van der Waals surface area contributed by atoms with Crippen LogP contribution in [0.1, 0.15) is 16.7 Å². The number of ketones is 1. The van der Waals surface area contributed by atoms with Crippen molar-refractivity contribution in [2.45, 2.75) is 6.92 Å². The molecule has 0 saturated heterocycles. The van der Waals surface area contributed by atoms with Crippen molar-refractivity contribution >= 4 is 29.5 Å². The summed E-state index contributed by atoms with van der Waals surface area (Å²) in [6.45, 7) is 2.32. The highest BCUT2D eigenvalue weighted by Gasteiger charge is 2.15. The monoisotopic (exact) mass is 310 g/mol. The van der Waals surface area contributed by atoms with Crippen molar-refractivity contribution in [3.8, 4) is 5.75 Å². The van der Waals surface area contributed by atoms with E-state index in [-0.39, 0.29) is 12.4 Å². The normalized spacial score (nSPS) is 13.5. The number of carbonyl (C=O) groups excluding carboxylic acids is 1. The summed E-state index contributed by atoms with van der Waals surface area (Å²) in [7, 11) is 0. The van der Waals surface area contributed by atoms with Crippen LogP contribution in [0.4, 0.5) is 0 Å². The van der Waals surface area contributed by atoms with E-state index in [1.54, 1.807) is 18.2 Å². The van der Waals surface area contributed by atoms with Crippen LogP contribution in [0, 0.1) is 6.92 Å². The number of aryl methyl sites for hydroxylation is 1. The Balaban J connectivity index is 1.79. The molecular weight excluding hydrogens is 296 g/mol. The van der Waals surface area contributed by atoms with E-state index in [0.29, 0.717) is 10.6 Å². The fourth-order valence-electron chi connectivity index (χ4n) is 2.25. The minimum Gasteiger partial charge on any atom is -0.488 e. The smallest absolute Gasteiger partial charge is 0.185 e. The molecule has 1 aliphatic heterocycles. The van der Waals surface area contributed by atoms with Gasteiger partial charge in [0.1, 0.15) is 12.4 Å². The lowest BCUT2D eigenvalue weighted by molar-refractivity contribution is -0.111. The first-order valence-electron chi connectivity index (χ1n) is 7.04. The first-order valence-corrected chi connectivity index (χ1v) is 7.41. The van der Waals surface area contributed by atoms with E-state index >= 15 is 0 Å². The maximum absolute atomic E-state index is 12.3. The second kappa shape index (κ2) is 6.20. The molecule has 2 aromatic carbocycles. The third-order valence-electron chi connectivity index (χ3n) is 3.51. The summed E-state index contributed by atoms with van der Waals surface area (Å²) in [6.07, 6.45) is 5.23. The van der Waals surface area contributed by atoms with E-state index in [9.17, 15) is 4.79 Å². The Morgan fingerprint density at radius 2 is 1.95 bits per heavy atom. The van der Waals surface area contributed by atoms with Crippen LogP contribution in [0.15, 0.2) is 54.1 Å². The molecule has 0 unspecified atom stereocenters. The van der Waals surface area contributed by atoms with Crippen LogP contribution in [-0.2, 0) is 4.79 Å². The van der Waals surface area contributed by atoms with Crippen LogP contribution in [0.25, 0.3) is 12.2 Å². The first kappa shape index (κ1) is 14.6. The molecule has 1 heterocycles.